The predicted octanol–water partition coefficient (Wildman–Crippen LogP) is 2.28. The van der Waals surface area contributed by atoms with Crippen LogP contribution in [-0.2, 0) is 4.74 Å². The molecule has 1 aromatic rings. The maximum atomic E-state index is 8.78. The van der Waals surface area contributed by atoms with E-state index in [2.05, 4.69) is 5.16 Å². The second-order valence-electron chi connectivity index (χ2n) is 5.05. The van der Waals surface area contributed by atoms with Crippen molar-refractivity contribution in [2.24, 2.45) is 10.9 Å². The number of hydrogen-bond donors (Lipinski definition) is 2. The molecule has 0 unspecified atom stereocenters. The molecule has 5 nitrogen and oxygen atoms in total. The highest BCUT2D eigenvalue weighted by molar-refractivity contribution is 5.99. The van der Waals surface area contributed by atoms with Gasteiger partial charge >= 0.3 is 0 Å². The Bertz CT molecular complexity index is 456. The third kappa shape index (κ3) is 4.44. The van der Waals surface area contributed by atoms with Gasteiger partial charge in [-0.3, -0.25) is 0 Å². The molecule has 0 aliphatic rings. The van der Waals surface area contributed by atoms with E-state index in [0.717, 1.165) is 12.0 Å². The van der Waals surface area contributed by atoms with E-state index in [9.17, 15) is 0 Å². The van der Waals surface area contributed by atoms with Crippen LogP contribution >= 0.6 is 0 Å². The molecular weight excluding hydrogens is 244 g/mol. The number of hydrogen-bond acceptors (Lipinski definition) is 4. The third-order valence-corrected chi connectivity index (χ3v) is 3.03. The first kappa shape index (κ1) is 15.3. The lowest BCUT2D eigenvalue weighted by Crippen LogP contribution is -2.25. The van der Waals surface area contributed by atoms with Crippen LogP contribution in [0.2, 0.25) is 0 Å². The van der Waals surface area contributed by atoms with Crippen molar-refractivity contribution in [1.82, 2.24) is 0 Å². The van der Waals surface area contributed by atoms with Crippen LogP contribution in [0.4, 0.5) is 0 Å². The number of rotatable bonds is 6. The molecule has 1 rings (SSSR count). The molecule has 19 heavy (non-hydrogen) atoms. The molecular formula is C14H22N2O3. The summed E-state index contributed by atoms with van der Waals surface area (Å²) in [6, 6.07) is 5.57. The minimum absolute atomic E-state index is 0.0460. The van der Waals surface area contributed by atoms with Gasteiger partial charge in [-0.15, -0.1) is 0 Å². The predicted molar refractivity (Wildman–Crippen MR) is 74.9 cm³/mol. The number of ether oxygens (including phenoxy) is 2. The van der Waals surface area contributed by atoms with Crippen LogP contribution in [0.3, 0.4) is 0 Å². The van der Waals surface area contributed by atoms with Crippen molar-refractivity contribution in [2.75, 3.05) is 13.7 Å². The average molecular weight is 266 g/mol. The van der Waals surface area contributed by atoms with Gasteiger partial charge in [-0.1, -0.05) is 16.8 Å². The molecule has 0 fully saturated rings. The van der Waals surface area contributed by atoms with Crippen molar-refractivity contribution in [3.8, 4) is 5.75 Å². The summed E-state index contributed by atoms with van der Waals surface area (Å²) in [6.45, 7) is 6.42. The zero-order chi connectivity index (χ0) is 14.5. The number of nitrogens with zero attached hydrogens (tertiary/aromatic N) is 1. The van der Waals surface area contributed by atoms with Gasteiger partial charge < -0.3 is 20.4 Å². The Kier molecular flexibility index (Phi) is 5.18. The van der Waals surface area contributed by atoms with Crippen molar-refractivity contribution in [2.45, 2.75) is 32.8 Å². The Morgan fingerprint density at radius 3 is 2.68 bits per heavy atom. The molecule has 0 aliphatic carbocycles. The van der Waals surface area contributed by atoms with E-state index in [4.69, 9.17) is 20.4 Å². The summed E-state index contributed by atoms with van der Waals surface area (Å²) >= 11 is 0. The summed E-state index contributed by atoms with van der Waals surface area (Å²) in [5.74, 6) is 0.650. The molecule has 3 N–H and O–H groups in total. The lowest BCUT2D eigenvalue weighted by Gasteiger charge is -2.23. The fourth-order valence-corrected chi connectivity index (χ4v) is 1.53. The van der Waals surface area contributed by atoms with E-state index < -0.39 is 0 Å². The van der Waals surface area contributed by atoms with E-state index in [-0.39, 0.29) is 11.4 Å². The van der Waals surface area contributed by atoms with Gasteiger partial charge in [0.1, 0.15) is 5.75 Å². The molecule has 0 radical (unpaired) electrons. The molecule has 0 aromatic heterocycles. The SMILES string of the molecule is COC(C)(C)CCOc1ccc(C)cc1/C(N)=N/O. The first-order chi connectivity index (χ1) is 8.89. The largest absolute Gasteiger partial charge is 0.493 e. The van der Waals surface area contributed by atoms with Gasteiger partial charge in [0.2, 0.25) is 0 Å². The van der Waals surface area contributed by atoms with Gasteiger partial charge in [-0.05, 0) is 32.9 Å². The molecule has 0 spiro atoms. The van der Waals surface area contributed by atoms with Crippen LogP contribution < -0.4 is 10.5 Å². The number of methoxy groups -OCH3 is 1. The Labute approximate surface area is 114 Å². The average Bonchev–Trinajstić information content (AvgIpc) is 2.39. The van der Waals surface area contributed by atoms with Crippen LogP contribution in [0.5, 0.6) is 5.75 Å². The molecule has 0 amide bonds. The first-order valence-electron chi connectivity index (χ1n) is 6.16. The topological polar surface area (TPSA) is 77.1 Å². The van der Waals surface area contributed by atoms with E-state index in [1.807, 2.05) is 39.0 Å². The summed E-state index contributed by atoms with van der Waals surface area (Å²) in [5, 5.41) is 11.8. The summed E-state index contributed by atoms with van der Waals surface area (Å²) in [5.41, 5.74) is 7.02. The van der Waals surface area contributed by atoms with Gasteiger partial charge in [0.25, 0.3) is 0 Å². The lowest BCUT2D eigenvalue weighted by molar-refractivity contribution is 0.00544. The summed E-state index contributed by atoms with van der Waals surface area (Å²) in [6.07, 6.45) is 0.743. The zero-order valence-electron chi connectivity index (χ0n) is 11.9. The number of aryl methyl sites for hydroxylation is 1. The third-order valence-electron chi connectivity index (χ3n) is 3.03. The maximum Gasteiger partial charge on any atom is 0.173 e. The normalized spacial score (nSPS) is 12.5. The molecule has 0 saturated carbocycles. The number of amidine groups is 1. The molecule has 0 aliphatic heterocycles. The minimum Gasteiger partial charge on any atom is -0.493 e. The van der Waals surface area contributed by atoms with Crippen molar-refractivity contribution in [1.29, 1.82) is 0 Å². The molecule has 106 valence electrons. The highest BCUT2D eigenvalue weighted by Crippen LogP contribution is 2.21. The Balaban J connectivity index is 2.79. The van der Waals surface area contributed by atoms with Gasteiger partial charge in [-0.25, -0.2) is 0 Å². The van der Waals surface area contributed by atoms with E-state index in [1.54, 1.807) is 7.11 Å². The van der Waals surface area contributed by atoms with E-state index in [1.165, 1.54) is 0 Å². The standard InChI is InChI=1S/C14H22N2O3/c1-10-5-6-12(11(9-10)13(15)16-17)19-8-7-14(2,3)18-4/h5-6,9,17H,7-8H2,1-4H3,(H2,15,16). The minimum atomic E-state index is -0.235. The van der Waals surface area contributed by atoms with Crippen molar-refractivity contribution >= 4 is 5.84 Å². The second-order valence-corrected chi connectivity index (χ2v) is 5.05. The highest BCUT2D eigenvalue weighted by Gasteiger charge is 2.17. The molecule has 0 atom stereocenters. The Hall–Kier alpha value is -1.75. The summed E-state index contributed by atoms with van der Waals surface area (Å²) < 4.78 is 11.0. The second kappa shape index (κ2) is 6.43. The van der Waals surface area contributed by atoms with Gasteiger partial charge in [0.15, 0.2) is 5.84 Å². The molecule has 5 heteroatoms. The first-order valence-corrected chi connectivity index (χ1v) is 6.16. The smallest absolute Gasteiger partial charge is 0.173 e. The Morgan fingerprint density at radius 2 is 2.11 bits per heavy atom. The van der Waals surface area contributed by atoms with Crippen molar-refractivity contribution < 1.29 is 14.7 Å². The Morgan fingerprint density at radius 1 is 1.42 bits per heavy atom. The highest BCUT2D eigenvalue weighted by atomic mass is 16.5. The van der Waals surface area contributed by atoms with Crippen LogP contribution in [0.25, 0.3) is 0 Å². The van der Waals surface area contributed by atoms with E-state index in [0.29, 0.717) is 17.9 Å². The number of oxime groups is 1. The monoisotopic (exact) mass is 266 g/mol. The van der Waals surface area contributed by atoms with Gasteiger partial charge in [0.05, 0.1) is 17.8 Å². The van der Waals surface area contributed by atoms with Crippen LogP contribution in [0.15, 0.2) is 23.4 Å². The van der Waals surface area contributed by atoms with Crippen LogP contribution in [-0.4, -0.2) is 30.4 Å². The zero-order valence-corrected chi connectivity index (χ0v) is 11.9. The van der Waals surface area contributed by atoms with Crippen LogP contribution in [0, 0.1) is 6.92 Å². The quantitative estimate of drug-likeness (QED) is 0.358. The van der Waals surface area contributed by atoms with Crippen molar-refractivity contribution in [3.05, 3.63) is 29.3 Å². The number of nitrogens with two attached hydrogens (primary N) is 1. The molecule has 0 saturated heterocycles. The fourth-order valence-electron chi connectivity index (χ4n) is 1.53. The summed E-state index contributed by atoms with van der Waals surface area (Å²) in [4.78, 5) is 0. The van der Waals surface area contributed by atoms with Gasteiger partial charge in [-0.2, -0.15) is 0 Å². The van der Waals surface area contributed by atoms with E-state index >= 15 is 0 Å². The maximum absolute atomic E-state index is 8.78. The summed E-state index contributed by atoms with van der Waals surface area (Å²) in [7, 11) is 1.67. The molecule has 0 heterocycles. The lowest BCUT2D eigenvalue weighted by atomic mass is 10.1. The van der Waals surface area contributed by atoms with Crippen molar-refractivity contribution in [3.63, 3.8) is 0 Å². The fraction of sp³-hybridized carbons (Fsp3) is 0.500. The number of benzene rings is 1. The molecule has 0 bridgehead atoms. The molecule has 1 aromatic carbocycles. The van der Waals surface area contributed by atoms with Crippen LogP contribution in [0.1, 0.15) is 31.4 Å². The van der Waals surface area contributed by atoms with Gasteiger partial charge in [0, 0.05) is 13.5 Å².